The number of nitrogens with two attached hydrogens (primary N) is 1. The van der Waals surface area contributed by atoms with Gasteiger partial charge >= 0.3 is 0 Å². The average Bonchev–Trinajstić information content (AvgIpc) is 3.53. The van der Waals surface area contributed by atoms with Gasteiger partial charge in [-0.3, -0.25) is 0 Å². The van der Waals surface area contributed by atoms with Crippen molar-refractivity contribution >= 4 is 27.5 Å². The predicted molar refractivity (Wildman–Crippen MR) is 164 cm³/mol. The van der Waals surface area contributed by atoms with E-state index in [1.165, 1.54) is 49.7 Å². The lowest BCUT2D eigenvalue weighted by Gasteiger charge is -2.18. The van der Waals surface area contributed by atoms with Crippen LogP contribution in [0.1, 0.15) is 11.1 Å². The summed E-state index contributed by atoms with van der Waals surface area (Å²) in [5.41, 5.74) is 21.4. The van der Waals surface area contributed by atoms with Crippen LogP contribution in [0.4, 0.5) is 5.69 Å². The first-order chi connectivity index (χ1) is 19.3. The Morgan fingerprint density at radius 3 is 2.05 bits per heavy atom. The van der Waals surface area contributed by atoms with Crippen molar-refractivity contribution < 1.29 is 0 Å². The van der Waals surface area contributed by atoms with E-state index in [4.69, 9.17) is 5.73 Å². The molecule has 2 nitrogen and oxygen atoms in total. The molecule has 0 fully saturated rings. The molecule has 0 saturated carbocycles. The first-order valence-corrected chi connectivity index (χ1v) is 13.5. The molecule has 184 valence electrons. The van der Waals surface area contributed by atoms with Crippen molar-refractivity contribution in [1.29, 1.82) is 0 Å². The second kappa shape index (κ2) is 8.47. The molecular weight excluding hydrogens is 472 g/mol. The van der Waals surface area contributed by atoms with Crippen LogP contribution >= 0.6 is 0 Å². The Hall–Kier alpha value is -5.08. The summed E-state index contributed by atoms with van der Waals surface area (Å²) in [5.74, 6) is 0. The zero-order chi connectivity index (χ0) is 25.9. The summed E-state index contributed by atoms with van der Waals surface area (Å²) >= 11 is 0. The molecule has 1 heterocycles. The van der Waals surface area contributed by atoms with Gasteiger partial charge in [0.15, 0.2) is 0 Å². The molecule has 39 heavy (non-hydrogen) atoms. The number of para-hydroxylation sites is 2. The molecule has 0 amide bonds. The number of nitrogens with zero attached hydrogens (tertiary/aromatic N) is 1. The normalized spacial score (nSPS) is 12.1. The highest BCUT2D eigenvalue weighted by Crippen LogP contribution is 2.49. The van der Waals surface area contributed by atoms with Crippen LogP contribution < -0.4 is 5.73 Å². The summed E-state index contributed by atoms with van der Waals surface area (Å²) in [4.78, 5) is 0. The van der Waals surface area contributed by atoms with Crippen molar-refractivity contribution in [2.75, 3.05) is 5.73 Å². The Morgan fingerprint density at radius 1 is 0.513 bits per heavy atom. The van der Waals surface area contributed by atoms with Gasteiger partial charge in [-0.15, -0.1) is 0 Å². The first-order valence-electron chi connectivity index (χ1n) is 13.5. The summed E-state index contributed by atoms with van der Waals surface area (Å²) < 4.78 is 2.36. The van der Waals surface area contributed by atoms with Crippen molar-refractivity contribution in [3.8, 4) is 39.1 Å². The molecule has 0 aliphatic heterocycles. The zero-order valence-corrected chi connectivity index (χ0v) is 21.4. The second-order valence-electron chi connectivity index (χ2n) is 10.4. The van der Waals surface area contributed by atoms with Crippen LogP contribution in [0.25, 0.3) is 60.9 Å². The van der Waals surface area contributed by atoms with Crippen LogP contribution in [0.2, 0.25) is 0 Å². The molecule has 7 aromatic rings. The molecule has 0 bridgehead atoms. The summed E-state index contributed by atoms with van der Waals surface area (Å²) in [6.45, 7) is 0. The third-order valence-electron chi connectivity index (χ3n) is 8.21. The fourth-order valence-corrected chi connectivity index (χ4v) is 6.46. The standard InChI is InChI=1S/C37H26N2/c38-37-30(24-11-3-1-4-12-24)23-31-28-16-8-7-13-25(28)21-33(31)36(37)26-19-20-35-32(22-26)29-17-9-10-18-34(29)39(35)27-14-5-2-6-15-27/h1-20,22-23H,21,38H2. The number of benzene rings is 6. The third kappa shape index (κ3) is 3.28. The van der Waals surface area contributed by atoms with Crippen LogP contribution in [0, 0.1) is 0 Å². The highest BCUT2D eigenvalue weighted by Gasteiger charge is 2.26. The zero-order valence-electron chi connectivity index (χ0n) is 21.4. The van der Waals surface area contributed by atoms with Crippen LogP contribution in [-0.2, 0) is 6.42 Å². The van der Waals surface area contributed by atoms with Gasteiger partial charge in [0.05, 0.1) is 11.0 Å². The number of rotatable bonds is 3. The van der Waals surface area contributed by atoms with Crippen molar-refractivity contribution in [1.82, 2.24) is 4.57 Å². The minimum atomic E-state index is 0.846. The molecule has 1 aliphatic rings. The van der Waals surface area contributed by atoms with E-state index < -0.39 is 0 Å². The Morgan fingerprint density at radius 2 is 1.21 bits per heavy atom. The Labute approximate surface area is 227 Å². The maximum absolute atomic E-state index is 7.10. The van der Waals surface area contributed by atoms with Gasteiger partial charge in [0.1, 0.15) is 0 Å². The van der Waals surface area contributed by atoms with Crippen molar-refractivity contribution in [3.63, 3.8) is 0 Å². The van der Waals surface area contributed by atoms with Gasteiger partial charge in [0.25, 0.3) is 0 Å². The molecule has 1 aromatic heterocycles. The minimum Gasteiger partial charge on any atom is -0.398 e. The quantitative estimate of drug-likeness (QED) is 0.242. The van der Waals surface area contributed by atoms with E-state index in [1.54, 1.807) is 0 Å². The van der Waals surface area contributed by atoms with E-state index in [1.807, 2.05) is 0 Å². The lowest BCUT2D eigenvalue weighted by atomic mass is 9.88. The monoisotopic (exact) mass is 498 g/mol. The number of fused-ring (bicyclic) bond motifs is 6. The smallest absolute Gasteiger partial charge is 0.0541 e. The van der Waals surface area contributed by atoms with Crippen molar-refractivity contribution in [2.45, 2.75) is 6.42 Å². The highest BCUT2D eigenvalue weighted by atomic mass is 15.0. The molecule has 0 atom stereocenters. The molecule has 2 N–H and O–H groups in total. The number of hydrogen-bond donors (Lipinski definition) is 1. The maximum Gasteiger partial charge on any atom is 0.0541 e. The van der Waals surface area contributed by atoms with Crippen LogP contribution in [0.5, 0.6) is 0 Å². The molecule has 2 heteroatoms. The van der Waals surface area contributed by atoms with Gasteiger partial charge < -0.3 is 10.3 Å². The third-order valence-corrected chi connectivity index (χ3v) is 8.21. The van der Waals surface area contributed by atoms with Crippen LogP contribution in [0.3, 0.4) is 0 Å². The lowest BCUT2D eigenvalue weighted by molar-refractivity contribution is 1.18. The maximum atomic E-state index is 7.10. The van der Waals surface area contributed by atoms with Gasteiger partial charge in [0.2, 0.25) is 0 Å². The van der Waals surface area contributed by atoms with Crippen molar-refractivity contribution in [2.24, 2.45) is 0 Å². The summed E-state index contributed by atoms with van der Waals surface area (Å²) in [7, 11) is 0. The van der Waals surface area contributed by atoms with E-state index in [0.717, 1.165) is 34.4 Å². The largest absolute Gasteiger partial charge is 0.398 e. The molecule has 8 rings (SSSR count). The van der Waals surface area contributed by atoms with E-state index in [2.05, 4.69) is 138 Å². The fraction of sp³-hybridized carbons (Fsp3) is 0.0270. The fourth-order valence-electron chi connectivity index (χ4n) is 6.46. The number of hydrogen-bond acceptors (Lipinski definition) is 1. The molecular formula is C37H26N2. The summed E-state index contributed by atoms with van der Waals surface area (Å²) in [5, 5.41) is 2.48. The lowest BCUT2D eigenvalue weighted by Crippen LogP contribution is -1.99. The molecule has 0 spiro atoms. The Kier molecular flexibility index (Phi) is 4.77. The van der Waals surface area contributed by atoms with Gasteiger partial charge in [-0.05, 0) is 76.2 Å². The predicted octanol–water partition coefficient (Wildman–Crippen LogP) is 9.27. The topological polar surface area (TPSA) is 30.9 Å². The van der Waals surface area contributed by atoms with E-state index in [9.17, 15) is 0 Å². The Balaban J connectivity index is 1.43. The van der Waals surface area contributed by atoms with E-state index in [-0.39, 0.29) is 0 Å². The van der Waals surface area contributed by atoms with E-state index >= 15 is 0 Å². The Bertz CT molecular complexity index is 2030. The minimum absolute atomic E-state index is 0.846. The average molecular weight is 499 g/mol. The summed E-state index contributed by atoms with van der Waals surface area (Å²) in [6, 6.07) is 47.7. The molecule has 1 aliphatic carbocycles. The molecule has 0 unspecified atom stereocenters. The molecule has 0 radical (unpaired) electrons. The van der Waals surface area contributed by atoms with Gasteiger partial charge in [-0.1, -0.05) is 97.1 Å². The van der Waals surface area contributed by atoms with Gasteiger partial charge in [-0.25, -0.2) is 0 Å². The summed E-state index contributed by atoms with van der Waals surface area (Å²) in [6.07, 6.45) is 0.893. The number of aromatic nitrogens is 1. The number of nitrogen functional groups attached to an aromatic ring is 1. The van der Waals surface area contributed by atoms with Crippen LogP contribution in [0.15, 0.2) is 133 Å². The van der Waals surface area contributed by atoms with E-state index in [0.29, 0.717) is 0 Å². The molecule has 6 aromatic carbocycles. The van der Waals surface area contributed by atoms with Gasteiger partial charge in [-0.2, -0.15) is 0 Å². The SMILES string of the molecule is Nc1c(-c2ccccc2)cc2c(c1-c1ccc3c(c1)c1ccccc1n3-c1ccccc1)Cc1ccccc1-2. The number of anilines is 1. The van der Waals surface area contributed by atoms with Crippen LogP contribution in [-0.4, -0.2) is 4.57 Å². The van der Waals surface area contributed by atoms with Crippen molar-refractivity contribution in [3.05, 3.63) is 145 Å². The molecule has 0 saturated heterocycles. The van der Waals surface area contributed by atoms with Gasteiger partial charge in [0, 0.05) is 33.3 Å². The second-order valence-corrected chi connectivity index (χ2v) is 10.4. The first kappa shape index (κ1) is 22.0. The highest BCUT2D eigenvalue weighted by molar-refractivity contribution is 6.11.